The minimum atomic E-state index is 0.268. The first-order valence-electron chi connectivity index (χ1n) is 6.62. The number of hydrogen-bond donors (Lipinski definition) is 1. The predicted molar refractivity (Wildman–Crippen MR) is 73.1 cm³/mol. The van der Waals surface area contributed by atoms with Crippen molar-refractivity contribution in [2.45, 2.75) is 45.2 Å². The minimum absolute atomic E-state index is 0.268. The SMILES string of the molecule is Cc1ccc(C2C(N)CCCCN2C)c(C)c1. The van der Waals surface area contributed by atoms with Crippen molar-refractivity contribution in [3.63, 3.8) is 0 Å². The second-order valence-electron chi connectivity index (χ2n) is 5.45. The molecular weight excluding hydrogens is 208 g/mol. The van der Waals surface area contributed by atoms with Crippen molar-refractivity contribution < 1.29 is 0 Å². The third kappa shape index (κ3) is 2.70. The maximum Gasteiger partial charge on any atom is 0.0498 e. The van der Waals surface area contributed by atoms with E-state index in [1.165, 1.54) is 29.5 Å². The van der Waals surface area contributed by atoms with E-state index in [1.54, 1.807) is 0 Å². The van der Waals surface area contributed by atoms with Gasteiger partial charge in [-0.2, -0.15) is 0 Å². The van der Waals surface area contributed by atoms with Crippen LogP contribution in [-0.4, -0.2) is 24.5 Å². The summed E-state index contributed by atoms with van der Waals surface area (Å²) in [5, 5.41) is 0. The van der Waals surface area contributed by atoms with E-state index in [0.717, 1.165) is 13.0 Å². The molecule has 2 heteroatoms. The molecular formula is C15H24N2. The van der Waals surface area contributed by atoms with Crippen LogP contribution in [0.5, 0.6) is 0 Å². The summed E-state index contributed by atoms with van der Waals surface area (Å²) in [5.41, 5.74) is 10.5. The molecule has 1 fully saturated rings. The minimum Gasteiger partial charge on any atom is -0.326 e. The summed E-state index contributed by atoms with van der Waals surface area (Å²) < 4.78 is 0. The lowest BCUT2D eigenvalue weighted by Gasteiger charge is -2.31. The maximum atomic E-state index is 6.37. The van der Waals surface area contributed by atoms with Crippen LogP contribution in [0.25, 0.3) is 0 Å². The average molecular weight is 232 g/mol. The fourth-order valence-electron chi connectivity index (χ4n) is 2.99. The number of likely N-dealkylation sites (N-methyl/N-ethyl adjacent to an activating group) is 1. The largest absolute Gasteiger partial charge is 0.326 e. The summed E-state index contributed by atoms with van der Waals surface area (Å²) >= 11 is 0. The molecule has 1 saturated heterocycles. The van der Waals surface area contributed by atoms with Crippen molar-refractivity contribution >= 4 is 0 Å². The highest BCUT2D eigenvalue weighted by Crippen LogP contribution is 2.30. The van der Waals surface area contributed by atoms with Crippen molar-refractivity contribution in [3.05, 3.63) is 34.9 Å². The van der Waals surface area contributed by atoms with Crippen LogP contribution in [0.3, 0.4) is 0 Å². The van der Waals surface area contributed by atoms with Gasteiger partial charge in [0.15, 0.2) is 0 Å². The highest BCUT2D eigenvalue weighted by molar-refractivity contribution is 5.33. The Labute approximate surface area is 105 Å². The summed E-state index contributed by atoms with van der Waals surface area (Å²) in [6.45, 7) is 5.51. The lowest BCUT2D eigenvalue weighted by atomic mass is 9.92. The second-order valence-corrected chi connectivity index (χ2v) is 5.45. The van der Waals surface area contributed by atoms with Crippen molar-refractivity contribution in [1.29, 1.82) is 0 Å². The number of hydrogen-bond acceptors (Lipinski definition) is 2. The van der Waals surface area contributed by atoms with Gasteiger partial charge in [0.2, 0.25) is 0 Å². The fraction of sp³-hybridized carbons (Fsp3) is 0.600. The topological polar surface area (TPSA) is 29.3 Å². The van der Waals surface area contributed by atoms with Crippen LogP contribution < -0.4 is 5.73 Å². The second kappa shape index (κ2) is 5.19. The first kappa shape index (κ1) is 12.6. The van der Waals surface area contributed by atoms with Gasteiger partial charge in [-0.3, -0.25) is 4.90 Å². The predicted octanol–water partition coefficient (Wildman–Crippen LogP) is 2.79. The molecule has 1 heterocycles. The molecule has 2 atom stereocenters. The Morgan fingerprint density at radius 3 is 2.71 bits per heavy atom. The molecule has 0 aromatic heterocycles. The third-order valence-corrected chi connectivity index (χ3v) is 3.92. The summed E-state index contributed by atoms with van der Waals surface area (Å²) in [5.74, 6) is 0. The average Bonchev–Trinajstić information content (AvgIpc) is 2.42. The van der Waals surface area contributed by atoms with Crippen LogP contribution in [0.4, 0.5) is 0 Å². The quantitative estimate of drug-likeness (QED) is 0.806. The monoisotopic (exact) mass is 232 g/mol. The van der Waals surface area contributed by atoms with Crippen LogP contribution in [0.2, 0.25) is 0 Å². The molecule has 2 unspecified atom stereocenters. The van der Waals surface area contributed by atoms with Gasteiger partial charge in [0.1, 0.15) is 0 Å². The van der Waals surface area contributed by atoms with Crippen molar-refractivity contribution in [2.24, 2.45) is 5.73 Å². The first-order valence-corrected chi connectivity index (χ1v) is 6.62. The van der Waals surface area contributed by atoms with Crippen LogP contribution >= 0.6 is 0 Å². The number of rotatable bonds is 1. The van der Waals surface area contributed by atoms with E-state index >= 15 is 0 Å². The van der Waals surface area contributed by atoms with Gasteiger partial charge in [0.05, 0.1) is 0 Å². The molecule has 2 nitrogen and oxygen atoms in total. The van der Waals surface area contributed by atoms with E-state index in [1.807, 2.05) is 0 Å². The lowest BCUT2D eigenvalue weighted by Crippen LogP contribution is -2.38. The fourth-order valence-corrected chi connectivity index (χ4v) is 2.99. The zero-order valence-corrected chi connectivity index (χ0v) is 11.2. The molecule has 0 bridgehead atoms. The Morgan fingerprint density at radius 2 is 2.00 bits per heavy atom. The Balaban J connectivity index is 2.34. The first-order chi connectivity index (χ1) is 8.09. The highest BCUT2D eigenvalue weighted by Gasteiger charge is 2.27. The molecule has 1 aromatic carbocycles. The van der Waals surface area contributed by atoms with Crippen molar-refractivity contribution in [2.75, 3.05) is 13.6 Å². The molecule has 0 aliphatic carbocycles. The van der Waals surface area contributed by atoms with Gasteiger partial charge in [0.25, 0.3) is 0 Å². The molecule has 1 aliphatic rings. The Bertz CT molecular complexity index is 375. The summed E-state index contributed by atoms with van der Waals surface area (Å²) in [6, 6.07) is 7.38. The molecule has 1 aromatic rings. The Morgan fingerprint density at radius 1 is 1.24 bits per heavy atom. The number of aryl methyl sites for hydroxylation is 2. The molecule has 94 valence electrons. The molecule has 1 aliphatic heterocycles. The Kier molecular flexibility index (Phi) is 3.85. The summed E-state index contributed by atoms with van der Waals surface area (Å²) in [7, 11) is 2.20. The van der Waals surface area contributed by atoms with Crippen LogP contribution in [0, 0.1) is 13.8 Å². The molecule has 0 amide bonds. The van der Waals surface area contributed by atoms with Crippen LogP contribution in [0.15, 0.2) is 18.2 Å². The van der Waals surface area contributed by atoms with Gasteiger partial charge in [-0.1, -0.05) is 30.2 Å². The van der Waals surface area contributed by atoms with Gasteiger partial charge < -0.3 is 5.73 Å². The van der Waals surface area contributed by atoms with E-state index in [0.29, 0.717) is 6.04 Å². The highest BCUT2D eigenvalue weighted by atomic mass is 15.1. The molecule has 0 radical (unpaired) electrons. The van der Waals surface area contributed by atoms with Gasteiger partial charge in [0, 0.05) is 12.1 Å². The van der Waals surface area contributed by atoms with Gasteiger partial charge in [-0.15, -0.1) is 0 Å². The standard InChI is InChI=1S/C15H24N2/c1-11-7-8-13(12(2)10-11)15-14(16)6-4-5-9-17(15)3/h7-8,10,14-15H,4-6,9,16H2,1-3H3. The number of nitrogens with zero attached hydrogens (tertiary/aromatic N) is 1. The van der Waals surface area contributed by atoms with Crippen molar-refractivity contribution in [1.82, 2.24) is 4.90 Å². The van der Waals surface area contributed by atoms with Gasteiger partial charge in [-0.25, -0.2) is 0 Å². The van der Waals surface area contributed by atoms with Crippen LogP contribution in [0.1, 0.15) is 42.0 Å². The van der Waals surface area contributed by atoms with E-state index in [4.69, 9.17) is 5.73 Å². The smallest absolute Gasteiger partial charge is 0.0498 e. The number of nitrogens with two attached hydrogens (primary N) is 1. The lowest BCUT2D eigenvalue weighted by molar-refractivity contribution is 0.229. The van der Waals surface area contributed by atoms with Crippen LogP contribution in [-0.2, 0) is 0 Å². The third-order valence-electron chi connectivity index (χ3n) is 3.92. The Hall–Kier alpha value is -0.860. The molecule has 2 rings (SSSR count). The van der Waals surface area contributed by atoms with E-state index in [9.17, 15) is 0 Å². The van der Waals surface area contributed by atoms with Gasteiger partial charge >= 0.3 is 0 Å². The number of benzene rings is 1. The maximum absolute atomic E-state index is 6.37. The van der Waals surface area contributed by atoms with E-state index in [2.05, 4.69) is 44.0 Å². The van der Waals surface area contributed by atoms with Gasteiger partial charge in [-0.05, 0) is 51.4 Å². The zero-order valence-electron chi connectivity index (χ0n) is 11.2. The van der Waals surface area contributed by atoms with E-state index in [-0.39, 0.29) is 6.04 Å². The summed E-state index contributed by atoms with van der Waals surface area (Å²) in [6.07, 6.45) is 3.67. The molecule has 0 saturated carbocycles. The normalized spacial score (nSPS) is 26.8. The summed E-state index contributed by atoms with van der Waals surface area (Å²) in [4.78, 5) is 2.43. The molecule has 17 heavy (non-hydrogen) atoms. The zero-order chi connectivity index (χ0) is 12.4. The van der Waals surface area contributed by atoms with E-state index < -0.39 is 0 Å². The van der Waals surface area contributed by atoms with Crippen molar-refractivity contribution in [3.8, 4) is 0 Å². The molecule has 0 spiro atoms. The molecule has 2 N–H and O–H groups in total. The number of likely N-dealkylation sites (tertiary alicyclic amines) is 1.